The molecule has 0 aromatic carbocycles. The monoisotopic (exact) mass is 242 g/mol. The van der Waals surface area contributed by atoms with Crippen LogP contribution >= 0.6 is 11.8 Å². The van der Waals surface area contributed by atoms with Gasteiger partial charge in [0, 0.05) is 0 Å². The van der Waals surface area contributed by atoms with Gasteiger partial charge >= 0.3 is 5.97 Å². The Hall–Kier alpha value is -1.11. The van der Waals surface area contributed by atoms with Crippen molar-refractivity contribution in [2.45, 2.75) is 37.5 Å². The molecule has 0 spiro atoms. The van der Waals surface area contributed by atoms with E-state index in [1.165, 1.54) is 12.8 Å². The third-order valence-electron chi connectivity index (χ3n) is 2.56. The zero-order valence-corrected chi connectivity index (χ0v) is 9.69. The highest BCUT2D eigenvalue weighted by atomic mass is 32.2. The van der Waals surface area contributed by atoms with Crippen LogP contribution in [0.2, 0.25) is 0 Å². The maximum absolute atomic E-state index is 10.5. The molecule has 0 saturated carbocycles. The lowest BCUT2D eigenvalue weighted by atomic mass is 10.2. The van der Waals surface area contributed by atoms with Crippen molar-refractivity contribution in [2.24, 2.45) is 0 Å². The van der Waals surface area contributed by atoms with Gasteiger partial charge in [0.2, 0.25) is 0 Å². The number of hydrogen-bond donors (Lipinski definition) is 1. The lowest BCUT2D eigenvalue weighted by Gasteiger charge is -2.19. The second-order valence-corrected chi connectivity index (χ2v) is 5.07. The number of tetrazole rings is 1. The zero-order chi connectivity index (χ0) is 11.4. The second-order valence-electron chi connectivity index (χ2n) is 3.76. The van der Waals surface area contributed by atoms with Gasteiger partial charge in [-0.2, -0.15) is 11.8 Å². The van der Waals surface area contributed by atoms with Crippen LogP contribution in [0, 0.1) is 0 Å². The number of hydrogen-bond acceptors (Lipinski definition) is 5. The van der Waals surface area contributed by atoms with E-state index in [4.69, 9.17) is 5.11 Å². The van der Waals surface area contributed by atoms with Crippen LogP contribution in [-0.2, 0) is 11.3 Å². The minimum atomic E-state index is -0.822. The van der Waals surface area contributed by atoms with Gasteiger partial charge in [0.1, 0.15) is 0 Å². The second kappa shape index (κ2) is 5.29. The summed E-state index contributed by atoms with van der Waals surface area (Å²) < 4.78 is 1.62. The zero-order valence-electron chi connectivity index (χ0n) is 8.87. The number of carbonyl (C=O) groups is 1. The Morgan fingerprint density at radius 2 is 2.44 bits per heavy atom. The number of nitrogens with zero attached hydrogens (tertiary/aromatic N) is 4. The first-order chi connectivity index (χ1) is 7.77. The van der Waals surface area contributed by atoms with Crippen molar-refractivity contribution < 1.29 is 9.90 Å². The van der Waals surface area contributed by atoms with Crippen molar-refractivity contribution >= 4 is 17.7 Å². The summed E-state index contributed by atoms with van der Waals surface area (Å²) in [6, 6.07) is 0. The molecule has 1 atom stereocenters. The molecule has 0 amide bonds. The van der Waals surface area contributed by atoms with Gasteiger partial charge in [-0.3, -0.25) is 4.79 Å². The smallest absolute Gasteiger partial charge is 0.305 e. The Kier molecular flexibility index (Phi) is 3.76. The fourth-order valence-corrected chi connectivity index (χ4v) is 3.05. The Morgan fingerprint density at radius 1 is 1.56 bits per heavy atom. The predicted octanol–water partition coefficient (Wildman–Crippen LogP) is 1.11. The molecule has 1 aromatic rings. The van der Waals surface area contributed by atoms with Crippen molar-refractivity contribution in [2.75, 3.05) is 5.75 Å². The molecular formula is C9H14N4O2S. The molecule has 1 aliphatic heterocycles. The fourth-order valence-electron chi connectivity index (χ4n) is 1.75. The van der Waals surface area contributed by atoms with E-state index in [1.54, 1.807) is 4.68 Å². The van der Waals surface area contributed by atoms with Crippen molar-refractivity contribution in [3.63, 3.8) is 0 Å². The molecule has 1 aromatic heterocycles. The Balaban J connectivity index is 2.02. The van der Waals surface area contributed by atoms with Crippen LogP contribution in [-0.4, -0.2) is 37.0 Å². The highest BCUT2D eigenvalue weighted by Gasteiger charge is 2.22. The summed E-state index contributed by atoms with van der Waals surface area (Å²) in [4.78, 5) is 10.5. The largest absolute Gasteiger partial charge is 0.481 e. The molecule has 6 nitrogen and oxygen atoms in total. The topological polar surface area (TPSA) is 80.9 Å². The van der Waals surface area contributed by atoms with E-state index in [2.05, 4.69) is 15.5 Å². The Bertz CT molecular complexity index is 362. The average molecular weight is 242 g/mol. The van der Waals surface area contributed by atoms with Gasteiger partial charge in [0.25, 0.3) is 0 Å². The summed E-state index contributed by atoms with van der Waals surface area (Å²) in [6.07, 6.45) is 3.59. The lowest BCUT2D eigenvalue weighted by molar-refractivity contribution is -0.137. The third kappa shape index (κ3) is 2.72. The van der Waals surface area contributed by atoms with Crippen LogP contribution in [0.5, 0.6) is 0 Å². The molecule has 16 heavy (non-hydrogen) atoms. The van der Waals surface area contributed by atoms with E-state index in [0.717, 1.165) is 18.0 Å². The number of carboxylic acid groups (broad SMARTS) is 1. The van der Waals surface area contributed by atoms with Gasteiger partial charge in [-0.15, -0.1) is 5.10 Å². The molecule has 7 heteroatoms. The van der Waals surface area contributed by atoms with Gasteiger partial charge in [0.05, 0.1) is 18.2 Å². The van der Waals surface area contributed by atoms with Crippen LogP contribution in [0.1, 0.15) is 36.8 Å². The van der Waals surface area contributed by atoms with Crippen LogP contribution in [0.3, 0.4) is 0 Å². The molecule has 0 radical (unpaired) electrons. The SMILES string of the molecule is O=C(O)CCn1nnnc1C1CCCCS1. The molecular weight excluding hydrogens is 228 g/mol. The number of rotatable bonds is 4. The summed E-state index contributed by atoms with van der Waals surface area (Å²) in [5.41, 5.74) is 0. The van der Waals surface area contributed by atoms with Crippen molar-refractivity contribution in [3.8, 4) is 0 Å². The van der Waals surface area contributed by atoms with Crippen molar-refractivity contribution in [1.82, 2.24) is 20.2 Å². The normalized spacial score (nSPS) is 20.9. The molecule has 1 unspecified atom stereocenters. The standard InChI is InChI=1S/C9H14N4O2S/c14-8(15)4-5-13-9(10-11-12-13)7-3-1-2-6-16-7/h7H,1-6H2,(H,14,15). The Morgan fingerprint density at radius 3 is 3.12 bits per heavy atom. The maximum Gasteiger partial charge on any atom is 0.305 e. The summed E-state index contributed by atoms with van der Waals surface area (Å²) in [5.74, 6) is 1.14. The highest BCUT2D eigenvalue weighted by molar-refractivity contribution is 7.99. The van der Waals surface area contributed by atoms with Crippen molar-refractivity contribution in [3.05, 3.63) is 5.82 Å². The van der Waals surface area contributed by atoms with Crippen LogP contribution in [0.15, 0.2) is 0 Å². The summed E-state index contributed by atoms with van der Waals surface area (Å²) in [5, 5.41) is 20.4. The maximum atomic E-state index is 10.5. The van der Waals surface area contributed by atoms with E-state index in [1.807, 2.05) is 11.8 Å². The number of aromatic nitrogens is 4. The quantitative estimate of drug-likeness (QED) is 0.851. The van der Waals surface area contributed by atoms with Gasteiger partial charge in [-0.1, -0.05) is 6.42 Å². The van der Waals surface area contributed by atoms with E-state index in [0.29, 0.717) is 11.8 Å². The molecule has 0 aliphatic carbocycles. The minimum Gasteiger partial charge on any atom is -0.481 e. The molecule has 2 rings (SSSR count). The van der Waals surface area contributed by atoms with Gasteiger partial charge in [-0.05, 0) is 29.0 Å². The molecule has 1 fully saturated rings. The van der Waals surface area contributed by atoms with Crippen LogP contribution in [0.4, 0.5) is 0 Å². The molecule has 88 valence electrons. The molecule has 0 bridgehead atoms. The van der Waals surface area contributed by atoms with E-state index >= 15 is 0 Å². The van der Waals surface area contributed by atoms with Gasteiger partial charge in [-0.25, -0.2) is 4.68 Å². The first-order valence-corrected chi connectivity index (χ1v) is 6.41. The van der Waals surface area contributed by atoms with Crippen LogP contribution in [0.25, 0.3) is 0 Å². The lowest BCUT2D eigenvalue weighted by Crippen LogP contribution is -2.13. The van der Waals surface area contributed by atoms with Gasteiger partial charge in [0.15, 0.2) is 5.82 Å². The first-order valence-electron chi connectivity index (χ1n) is 5.37. The molecule has 1 saturated heterocycles. The summed E-state index contributed by atoms with van der Waals surface area (Å²) in [6.45, 7) is 0.356. The summed E-state index contributed by atoms with van der Waals surface area (Å²) in [7, 11) is 0. The van der Waals surface area contributed by atoms with E-state index < -0.39 is 5.97 Å². The number of aryl methyl sites for hydroxylation is 1. The van der Waals surface area contributed by atoms with Crippen molar-refractivity contribution in [1.29, 1.82) is 0 Å². The number of thioether (sulfide) groups is 1. The average Bonchev–Trinajstić information content (AvgIpc) is 2.75. The number of carboxylic acids is 1. The predicted molar refractivity (Wildman–Crippen MR) is 59.1 cm³/mol. The first kappa shape index (κ1) is 11.4. The fraction of sp³-hybridized carbons (Fsp3) is 0.778. The van der Waals surface area contributed by atoms with E-state index in [9.17, 15) is 4.79 Å². The Labute approximate surface area is 97.4 Å². The van der Waals surface area contributed by atoms with Crippen LogP contribution < -0.4 is 0 Å². The third-order valence-corrected chi connectivity index (χ3v) is 3.94. The van der Waals surface area contributed by atoms with Gasteiger partial charge < -0.3 is 5.11 Å². The molecule has 1 N–H and O–H groups in total. The van der Waals surface area contributed by atoms with E-state index in [-0.39, 0.29) is 6.42 Å². The summed E-state index contributed by atoms with van der Waals surface area (Å²) >= 11 is 1.86. The molecule has 2 heterocycles. The number of aliphatic carboxylic acids is 1. The minimum absolute atomic E-state index is 0.0649. The highest BCUT2D eigenvalue weighted by Crippen LogP contribution is 2.36. The molecule has 1 aliphatic rings.